The van der Waals surface area contributed by atoms with Gasteiger partial charge in [0.05, 0.1) is 0 Å². The molecule has 0 bridgehead atoms. The lowest BCUT2D eigenvalue weighted by Gasteiger charge is -2.44. The smallest absolute Gasteiger partial charge is 0.411 e. The summed E-state index contributed by atoms with van der Waals surface area (Å²) in [5.41, 5.74) is 4.45. The molecule has 1 amide bonds. The van der Waals surface area contributed by atoms with Crippen LogP contribution in [0, 0.1) is 0 Å². The van der Waals surface area contributed by atoms with Crippen molar-refractivity contribution in [2.24, 2.45) is 0 Å². The second-order valence-electron chi connectivity index (χ2n) is 10.7. The maximum Gasteiger partial charge on any atom is 0.411 e. The van der Waals surface area contributed by atoms with Gasteiger partial charge in [-0.05, 0) is 39.9 Å². The Balaban J connectivity index is 1.30. The third-order valence-corrected chi connectivity index (χ3v) is 7.72. The number of hydrogen-bond donors (Lipinski definition) is 0. The molecule has 0 aliphatic carbocycles. The Morgan fingerprint density at radius 1 is 0.614 bits per heavy atom. The Morgan fingerprint density at radius 2 is 1.14 bits per heavy atom. The minimum atomic E-state index is -0.903. The molecule has 1 saturated heterocycles. The van der Waals surface area contributed by atoms with Gasteiger partial charge in [-0.1, -0.05) is 133 Å². The third kappa shape index (κ3) is 6.81. The maximum absolute atomic E-state index is 14.0. The van der Waals surface area contributed by atoms with Crippen LogP contribution in [0.5, 0.6) is 5.75 Å². The number of amides is 1. The van der Waals surface area contributed by atoms with E-state index in [9.17, 15) is 9.59 Å². The van der Waals surface area contributed by atoms with Gasteiger partial charge in [0, 0.05) is 6.42 Å². The molecule has 1 aliphatic heterocycles. The first-order valence-electron chi connectivity index (χ1n) is 14.7. The predicted octanol–water partition coefficient (Wildman–Crippen LogP) is 7.85. The lowest BCUT2D eigenvalue weighted by Crippen LogP contribution is -2.55. The normalized spacial score (nSPS) is 17.9. The Labute approximate surface area is 257 Å². The Morgan fingerprint density at radius 3 is 1.73 bits per heavy atom. The number of rotatable bonds is 9. The summed E-state index contributed by atoms with van der Waals surface area (Å²) in [7, 11) is 0. The Kier molecular flexibility index (Phi) is 8.98. The molecule has 6 heteroatoms. The summed E-state index contributed by atoms with van der Waals surface area (Å²) in [5, 5.41) is 0. The van der Waals surface area contributed by atoms with E-state index in [-0.39, 0.29) is 13.0 Å². The first kappa shape index (κ1) is 28.7. The van der Waals surface area contributed by atoms with Gasteiger partial charge in [-0.2, -0.15) is 0 Å². The van der Waals surface area contributed by atoms with Crippen molar-refractivity contribution in [3.05, 3.63) is 173 Å². The summed E-state index contributed by atoms with van der Waals surface area (Å²) in [6.07, 6.45) is -1.03. The molecule has 6 rings (SSSR count). The molecule has 0 radical (unpaired) electrons. The van der Waals surface area contributed by atoms with Crippen LogP contribution in [0.1, 0.15) is 40.0 Å². The molecule has 0 unspecified atom stereocenters. The standard InChI is InChI=1S/C38H33NO5/c40-37-34(25-28-21-23-33(24-22-28)42-26-29-13-5-1-6-14-29)39(38(41)43-27-30-15-7-2-8-16-30)35(31-17-9-3-10-18-31)36(44-37)32-19-11-4-12-20-32/h1-24,34-36H,25-27H2/t34-,35+,36-/m1/s1. The van der Waals surface area contributed by atoms with Crippen LogP contribution in [0.25, 0.3) is 0 Å². The first-order chi connectivity index (χ1) is 21.7. The first-order valence-corrected chi connectivity index (χ1v) is 14.7. The van der Waals surface area contributed by atoms with Gasteiger partial charge in [0.25, 0.3) is 0 Å². The monoisotopic (exact) mass is 583 g/mol. The van der Waals surface area contributed by atoms with Gasteiger partial charge in [0.1, 0.15) is 31.0 Å². The van der Waals surface area contributed by atoms with Crippen molar-refractivity contribution >= 4 is 12.1 Å². The highest BCUT2D eigenvalue weighted by Crippen LogP contribution is 2.43. The van der Waals surface area contributed by atoms with Gasteiger partial charge >= 0.3 is 12.1 Å². The van der Waals surface area contributed by atoms with E-state index in [1.807, 2.05) is 146 Å². The van der Waals surface area contributed by atoms with Crippen molar-refractivity contribution in [1.29, 1.82) is 0 Å². The molecule has 6 nitrogen and oxygen atoms in total. The molecule has 0 aromatic heterocycles. The average Bonchev–Trinajstić information content (AvgIpc) is 3.09. The van der Waals surface area contributed by atoms with Crippen molar-refractivity contribution < 1.29 is 23.8 Å². The van der Waals surface area contributed by atoms with Gasteiger partial charge < -0.3 is 14.2 Å². The van der Waals surface area contributed by atoms with Crippen molar-refractivity contribution in [1.82, 2.24) is 4.90 Å². The number of benzene rings is 5. The third-order valence-electron chi connectivity index (χ3n) is 7.72. The molecule has 1 fully saturated rings. The summed E-state index contributed by atoms with van der Waals surface area (Å²) in [6, 6.07) is 44.8. The number of ether oxygens (including phenoxy) is 3. The fourth-order valence-corrected chi connectivity index (χ4v) is 5.50. The van der Waals surface area contributed by atoms with E-state index in [2.05, 4.69) is 0 Å². The molecule has 44 heavy (non-hydrogen) atoms. The lowest BCUT2D eigenvalue weighted by molar-refractivity contribution is -0.173. The van der Waals surface area contributed by atoms with E-state index in [0.717, 1.165) is 27.8 Å². The van der Waals surface area contributed by atoms with Crippen LogP contribution in [-0.4, -0.2) is 23.0 Å². The highest BCUT2D eigenvalue weighted by atomic mass is 16.6. The number of morpholine rings is 1. The van der Waals surface area contributed by atoms with E-state index in [4.69, 9.17) is 14.2 Å². The zero-order valence-electron chi connectivity index (χ0n) is 24.2. The van der Waals surface area contributed by atoms with Crippen LogP contribution in [0.3, 0.4) is 0 Å². The van der Waals surface area contributed by atoms with E-state index in [1.54, 1.807) is 4.90 Å². The summed E-state index contributed by atoms with van der Waals surface area (Å²) >= 11 is 0. The number of hydrogen-bond acceptors (Lipinski definition) is 5. The summed E-state index contributed by atoms with van der Waals surface area (Å²) < 4.78 is 18.0. The minimum Gasteiger partial charge on any atom is -0.489 e. The van der Waals surface area contributed by atoms with Gasteiger partial charge in [-0.3, -0.25) is 4.90 Å². The number of esters is 1. The second kappa shape index (κ2) is 13.7. The number of cyclic esters (lactones) is 1. The molecule has 0 spiro atoms. The molecular formula is C38H33NO5. The fraction of sp³-hybridized carbons (Fsp3) is 0.158. The molecule has 0 N–H and O–H groups in total. The lowest BCUT2D eigenvalue weighted by atomic mass is 9.90. The maximum atomic E-state index is 14.0. The van der Waals surface area contributed by atoms with E-state index < -0.39 is 30.3 Å². The largest absolute Gasteiger partial charge is 0.489 e. The number of nitrogens with zero attached hydrogens (tertiary/aromatic N) is 1. The second-order valence-corrected chi connectivity index (χ2v) is 10.7. The van der Waals surface area contributed by atoms with E-state index >= 15 is 0 Å². The average molecular weight is 584 g/mol. The molecule has 1 aliphatic rings. The molecule has 5 aromatic carbocycles. The zero-order chi connectivity index (χ0) is 30.1. The van der Waals surface area contributed by atoms with Crippen LogP contribution in [-0.2, 0) is 33.9 Å². The van der Waals surface area contributed by atoms with Crippen molar-refractivity contribution in [2.75, 3.05) is 0 Å². The molecule has 220 valence electrons. The topological polar surface area (TPSA) is 65.1 Å². The quantitative estimate of drug-likeness (QED) is 0.165. The Bertz CT molecular complexity index is 1640. The van der Waals surface area contributed by atoms with Gasteiger partial charge in [0.15, 0.2) is 6.10 Å². The fourth-order valence-electron chi connectivity index (χ4n) is 5.50. The van der Waals surface area contributed by atoms with E-state index in [0.29, 0.717) is 12.4 Å². The van der Waals surface area contributed by atoms with Crippen molar-refractivity contribution in [3.8, 4) is 5.75 Å². The SMILES string of the molecule is O=C1O[C@H](c2ccccc2)[C@H](c2ccccc2)N(C(=O)OCc2ccccc2)[C@@H]1Cc1ccc(OCc2ccccc2)cc1. The predicted molar refractivity (Wildman–Crippen MR) is 168 cm³/mol. The van der Waals surface area contributed by atoms with Crippen LogP contribution >= 0.6 is 0 Å². The zero-order valence-corrected chi connectivity index (χ0v) is 24.2. The molecule has 1 heterocycles. The number of carbonyl (C=O) groups is 2. The summed E-state index contributed by atoms with van der Waals surface area (Å²) in [5.74, 6) is 0.237. The minimum absolute atomic E-state index is 0.0862. The van der Waals surface area contributed by atoms with Crippen LogP contribution in [0.15, 0.2) is 146 Å². The Hall–Kier alpha value is -5.36. The molecule has 0 saturated carbocycles. The summed E-state index contributed by atoms with van der Waals surface area (Å²) in [4.78, 5) is 29.4. The molecule has 5 aromatic rings. The van der Waals surface area contributed by atoms with Gasteiger partial charge in [-0.15, -0.1) is 0 Å². The highest BCUT2D eigenvalue weighted by Gasteiger charge is 2.48. The number of carbonyl (C=O) groups excluding carboxylic acids is 2. The molecule has 3 atom stereocenters. The summed E-state index contributed by atoms with van der Waals surface area (Å²) in [6.45, 7) is 0.540. The van der Waals surface area contributed by atoms with Gasteiger partial charge in [0.2, 0.25) is 0 Å². The van der Waals surface area contributed by atoms with Crippen molar-refractivity contribution in [3.63, 3.8) is 0 Å². The highest BCUT2D eigenvalue weighted by molar-refractivity contribution is 5.84. The molecular weight excluding hydrogens is 550 g/mol. The van der Waals surface area contributed by atoms with E-state index in [1.165, 1.54) is 0 Å². The van der Waals surface area contributed by atoms with Crippen LogP contribution in [0.2, 0.25) is 0 Å². The van der Waals surface area contributed by atoms with Gasteiger partial charge in [-0.25, -0.2) is 9.59 Å². The van der Waals surface area contributed by atoms with Crippen LogP contribution < -0.4 is 4.74 Å². The van der Waals surface area contributed by atoms with Crippen LogP contribution in [0.4, 0.5) is 4.79 Å². The van der Waals surface area contributed by atoms with Crippen molar-refractivity contribution in [2.45, 2.75) is 37.8 Å².